The second kappa shape index (κ2) is 6.07. The highest BCUT2D eigenvalue weighted by atomic mass is 16.5. The quantitative estimate of drug-likeness (QED) is 0.940. The Labute approximate surface area is 130 Å². The van der Waals surface area contributed by atoms with Crippen LogP contribution in [-0.2, 0) is 12.8 Å². The van der Waals surface area contributed by atoms with Gasteiger partial charge < -0.3 is 10.5 Å². The Kier molecular flexibility index (Phi) is 3.97. The minimum Gasteiger partial charge on any atom is -0.494 e. The molecular formula is C18H19N3O. The molecule has 0 radical (unpaired) electrons. The van der Waals surface area contributed by atoms with E-state index in [1.54, 1.807) is 0 Å². The molecule has 0 aliphatic heterocycles. The van der Waals surface area contributed by atoms with Crippen LogP contribution in [0.2, 0.25) is 0 Å². The molecule has 0 bridgehead atoms. The van der Waals surface area contributed by atoms with Crippen LogP contribution in [0.1, 0.15) is 36.6 Å². The van der Waals surface area contributed by atoms with E-state index in [-0.39, 0.29) is 0 Å². The van der Waals surface area contributed by atoms with Crippen molar-refractivity contribution >= 4 is 5.82 Å². The van der Waals surface area contributed by atoms with Crippen molar-refractivity contribution in [1.82, 2.24) is 4.98 Å². The summed E-state index contributed by atoms with van der Waals surface area (Å²) in [6, 6.07) is 10.1. The molecule has 0 spiro atoms. The van der Waals surface area contributed by atoms with Crippen molar-refractivity contribution < 1.29 is 4.74 Å². The molecule has 4 heteroatoms. The van der Waals surface area contributed by atoms with E-state index in [0.29, 0.717) is 18.0 Å². The van der Waals surface area contributed by atoms with Crippen molar-refractivity contribution in [3.05, 3.63) is 41.1 Å². The summed E-state index contributed by atoms with van der Waals surface area (Å²) in [6.07, 6.45) is 4.16. The fourth-order valence-corrected chi connectivity index (χ4v) is 3.08. The minimum atomic E-state index is 0.340. The van der Waals surface area contributed by atoms with Gasteiger partial charge in [-0.2, -0.15) is 5.26 Å². The molecule has 0 fully saturated rings. The van der Waals surface area contributed by atoms with Gasteiger partial charge in [0.05, 0.1) is 6.61 Å². The Morgan fingerprint density at radius 1 is 1.23 bits per heavy atom. The number of benzene rings is 1. The lowest BCUT2D eigenvalue weighted by atomic mass is 9.86. The summed E-state index contributed by atoms with van der Waals surface area (Å²) >= 11 is 0. The van der Waals surface area contributed by atoms with Crippen LogP contribution in [0, 0.1) is 11.3 Å². The number of anilines is 1. The van der Waals surface area contributed by atoms with Crippen LogP contribution in [0.3, 0.4) is 0 Å². The lowest BCUT2D eigenvalue weighted by molar-refractivity contribution is 0.340. The number of rotatable bonds is 3. The highest BCUT2D eigenvalue weighted by molar-refractivity contribution is 5.79. The lowest BCUT2D eigenvalue weighted by Gasteiger charge is -2.21. The van der Waals surface area contributed by atoms with Crippen molar-refractivity contribution in [3.8, 4) is 22.9 Å². The molecule has 0 saturated heterocycles. The third-order valence-electron chi connectivity index (χ3n) is 4.07. The van der Waals surface area contributed by atoms with Gasteiger partial charge in [0, 0.05) is 11.3 Å². The Morgan fingerprint density at radius 3 is 2.64 bits per heavy atom. The smallest absolute Gasteiger partial charge is 0.142 e. The van der Waals surface area contributed by atoms with E-state index in [0.717, 1.165) is 48.3 Å². The third-order valence-corrected chi connectivity index (χ3v) is 4.07. The second-order valence-corrected chi connectivity index (χ2v) is 5.45. The SMILES string of the molecule is CCOc1ccc(-c2c(C#N)c(N)nc3c2CCCC3)cc1. The number of nitrogen functional groups attached to an aromatic ring is 1. The number of hydrogen-bond acceptors (Lipinski definition) is 4. The molecule has 0 amide bonds. The number of pyridine rings is 1. The Hall–Kier alpha value is -2.54. The van der Waals surface area contributed by atoms with E-state index in [1.165, 1.54) is 5.56 Å². The average Bonchev–Trinajstić information content (AvgIpc) is 2.55. The van der Waals surface area contributed by atoms with E-state index >= 15 is 0 Å². The fraction of sp³-hybridized carbons (Fsp3) is 0.333. The number of nitrogens with two attached hydrogens (primary N) is 1. The molecule has 0 unspecified atom stereocenters. The predicted octanol–water partition coefficient (Wildman–Crippen LogP) is 3.48. The molecule has 22 heavy (non-hydrogen) atoms. The van der Waals surface area contributed by atoms with Gasteiger partial charge in [-0.25, -0.2) is 4.98 Å². The van der Waals surface area contributed by atoms with E-state index in [1.807, 2.05) is 31.2 Å². The van der Waals surface area contributed by atoms with Gasteiger partial charge in [-0.1, -0.05) is 12.1 Å². The molecule has 1 aliphatic rings. The zero-order chi connectivity index (χ0) is 15.5. The first kappa shape index (κ1) is 14.4. The highest BCUT2D eigenvalue weighted by Gasteiger charge is 2.21. The molecule has 1 heterocycles. The average molecular weight is 293 g/mol. The van der Waals surface area contributed by atoms with Crippen LogP contribution >= 0.6 is 0 Å². The maximum absolute atomic E-state index is 9.51. The van der Waals surface area contributed by atoms with Gasteiger partial charge in [0.15, 0.2) is 0 Å². The van der Waals surface area contributed by atoms with Crippen molar-refractivity contribution in [2.24, 2.45) is 0 Å². The summed E-state index contributed by atoms with van der Waals surface area (Å²) in [4.78, 5) is 4.45. The van der Waals surface area contributed by atoms with E-state index in [4.69, 9.17) is 10.5 Å². The minimum absolute atomic E-state index is 0.340. The van der Waals surface area contributed by atoms with Gasteiger partial charge in [-0.05, 0) is 55.9 Å². The summed E-state index contributed by atoms with van der Waals surface area (Å²) in [5.41, 5.74) is 10.7. The van der Waals surface area contributed by atoms with Gasteiger partial charge in [-0.3, -0.25) is 0 Å². The van der Waals surface area contributed by atoms with Gasteiger partial charge in [0.2, 0.25) is 0 Å². The van der Waals surface area contributed by atoms with Crippen LogP contribution in [0.15, 0.2) is 24.3 Å². The van der Waals surface area contributed by atoms with E-state index in [2.05, 4.69) is 11.1 Å². The van der Waals surface area contributed by atoms with Crippen molar-refractivity contribution in [2.45, 2.75) is 32.6 Å². The number of nitriles is 1. The third kappa shape index (κ3) is 2.50. The maximum Gasteiger partial charge on any atom is 0.142 e. The van der Waals surface area contributed by atoms with Crippen LogP contribution in [0.4, 0.5) is 5.82 Å². The molecule has 2 N–H and O–H groups in total. The second-order valence-electron chi connectivity index (χ2n) is 5.45. The number of aromatic nitrogens is 1. The number of aryl methyl sites for hydroxylation is 1. The molecule has 4 nitrogen and oxygen atoms in total. The first-order chi connectivity index (χ1) is 10.7. The number of nitrogens with zero attached hydrogens (tertiary/aromatic N) is 2. The van der Waals surface area contributed by atoms with Crippen molar-refractivity contribution in [2.75, 3.05) is 12.3 Å². The van der Waals surface area contributed by atoms with E-state index in [9.17, 15) is 5.26 Å². The molecule has 112 valence electrons. The predicted molar refractivity (Wildman–Crippen MR) is 86.6 cm³/mol. The van der Waals surface area contributed by atoms with Crippen LogP contribution in [0.25, 0.3) is 11.1 Å². The number of fused-ring (bicyclic) bond motifs is 1. The Morgan fingerprint density at radius 2 is 1.95 bits per heavy atom. The van der Waals surface area contributed by atoms with Crippen LogP contribution < -0.4 is 10.5 Å². The summed E-state index contributed by atoms with van der Waals surface area (Å²) in [5, 5.41) is 9.51. The molecule has 1 aromatic carbocycles. The first-order valence-corrected chi connectivity index (χ1v) is 7.69. The molecule has 0 saturated carbocycles. The highest BCUT2D eigenvalue weighted by Crippen LogP contribution is 2.36. The molecule has 2 aromatic rings. The molecule has 0 atom stereocenters. The summed E-state index contributed by atoms with van der Waals surface area (Å²) in [7, 11) is 0. The number of hydrogen-bond donors (Lipinski definition) is 1. The molecule has 3 rings (SSSR count). The summed E-state index contributed by atoms with van der Waals surface area (Å²) in [6.45, 7) is 2.60. The van der Waals surface area contributed by atoms with Gasteiger partial charge in [-0.15, -0.1) is 0 Å². The van der Waals surface area contributed by atoms with Crippen LogP contribution in [-0.4, -0.2) is 11.6 Å². The van der Waals surface area contributed by atoms with Crippen molar-refractivity contribution in [1.29, 1.82) is 5.26 Å². The van der Waals surface area contributed by atoms with Gasteiger partial charge >= 0.3 is 0 Å². The fourth-order valence-electron chi connectivity index (χ4n) is 3.08. The standard InChI is InChI=1S/C18H19N3O/c1-2-22-13-9-7-12(8-10-13)17-14-5-3-4-6-16(14)21-18(20)15(17)11-19/h7-10H,2-6H2,1H3,(H2,20,21). The summed E-state index contributed by atoms with van der Waals surface area (Å²) in [5.74, 6) is 1.17. The van der Waals surface area contributed by atoms with Crippen molar-refractivity contribution in [3.63, 3.8) is 0 Å². The van der Waals surface area contributed by atoms with Gasteiger partial charge in [0.1, 0.15) is 23.2 Å². The van der Waals surface area contributed by atoms with Gasteiger partial charge in [0.25, 0.3) is 0 Å². The Balaban J connectivity index is 2.16. The maximum atomic E-state index is 9.51. The monoisotopic (exact) mass is 293 g/mol. The lowest BCUT2D eigenvalue weighted by Crippen LogP contribution is -2.11. The summed E-state index contributed by atoms with van der Waals surface area (Å²) < 4.78 is 5.49. The van der Waals surface area contributed by atoms with E-state index < -0.39 is 0 Å². The molecular weight excluding hydrogens is 274 g/mol. The largest absolute Gasteiger partial charge is 0.494 e. The first-order valence-electron chi connectivity index (χ1n) is 7.69. The zero-order valence-electron chi connectivity index (χ0n) is 12.7. The zero-order valence-corrected chi connectivity index (χ0v) is 12.7. The molecule has 1 aromatic heterocycles. The normalized spacial score (nSPS) is 13.3. The van der Waals surface area contributed by atoms with Crippen LogP contribution in [0.5, 0.6) is 5.75 Å². The molecule has 1 aliphatic carbocycles. The topological polar surface area (TPSA) is 71.9 Å². The Bertz CT molecular complexity index is 729. The number of ether oxygens (including phenoxy) is 1.